The largest absolute Gasteiger partial charge is 0.465 e. The maximum absolute atomic E-state index is 11.7. The number of likely N-dealkylation sites (tertiary alicyclic amines) is 1. The van der Waals surface area contributed by atoms with Crippen molar-refractivity contribution in [3.63, 3.8) is 0 Å². The molecule has 0 saturated carbocycles. The number of ether oxygens (including phenoxy) is 2. The van der Waals surface area contributed by atoms with Crippen molar-refractivity contribution in [2.24, 2.45) is 5.92 Å². The summed E-state index contributed by atoms with van der Waals surface area (Å²) in [6.07, 6.45) is 6.09. The molecule has 2 rings (SSSR count). The summed E-state index contributed by atoms with van der Waals surface area (Å²) < 4.78 is 10.0. The van der Waals surface area contributed by atoms with Crippen molar-refractivity contribution in [3.05, 3.63) is 33.5 Å². The summed E-state index contributed by atoms with van der Waals surface area (Å²) in [5, 5.41) is 11.0. The zero-order chi connectivity index (χ0) is 16.1. The normalized spacial score (nSPS) is 23.6. The van der Waals surface area contributed by atoms with Gasteiger partial charge in [-0.05, 0) is 31.3 Å². The third-order valence-electron chi connectivity index (χ3n) is 4.25. The molecule has 1 heterocycles. The molecule has 2 aliphatic rings. The topological polar surface area (TPSA) is 81.9 Å². The Balaban J connectivity index is 2.00. The first-order chi connectivity index (χ1) is 10.5. The van der Waals surface area contributed by atoms with E-state index >= 15 is 0 Å². The van der Waals surface area contributed by atoms with Crippen LogP contribution in [0.2, 0.25) is 0 Å². The molecule has 122 valence electrons. The van der Waals surface area contributed by atoms with Gasteiger partial charge in [0.2, 0.25) is 0 Å². The van der Waals surface area contributed by atoms with E-state index < -0.39 is 10.9 Å². The van der Waals surface area contributed by atoms with E-state index in [9.17, 15) is 14.9 Å². The molecule has 1 unspecified atom stereocenters. The molecule has 0 amide bonds. The lowest BCUT2D eigenvalue weighted by atomic mass is 9.92. The van der Waals surface area contributed by atoms with Crippen molar-refractivity contribution in [1.29, 1.82) is 0 Å². The van der Waals surface area contributed by atoms with Crippen LogP contribution >= 0.6 is 0 Å². The van der Waals surface area contributed by atoms with Crippen LogP contribution in [0.5, 0.6) is 0 Å². The van der Waals surface area contributed by atoms with Gasteiger partial charge in [-0.25, -0.2) is 4.79 Å². The average molecular weight is 310 g/mol. The Labute approximate surface area is 129 Å². The third kappa shape index (κ3) is 3.92. The lowest BCUT2D eigenvalue weighted by Crippen LogP contribution is -2.39. The Morgan fingerprint density at radius 1 is 1.41 bits per heavy atom. The van der Waals surface area contributed by atoms with Gasteiger partial charge in [-0.3, -0.25) is 10.1 Å². The number of methoxy groups -OCH3 is 2. The van der Waals surface area contributed by atoms with Crippen LogP contribution in [0.25, 0.3) is 0 Å². The Morgan fingerprint density at radius 3 is 2.64 bits per heavy atom. The van der Waals surface area contributed by atoms with Crippen molar-refractivity contribution in [3.8, 4) is 0 Å². The number of esters is 1. The monoisotopic (exact) mass is 310 g/mol. The Bertz CT molecular complexity index is 492. The van der Waals surface area contributed by atoms with Crippen LogP contribution in [0.3, 0.4) is 0 Å². The quantitative estimate of drug-likeness (QED) is 0.433. The van der Waals surface area contributed by atoms with Crippen LogP contribution in [0.1, 0.15) is 19.3 Å². The van der Waals surface area contributed by atoms with Gasteiger partial charge in [-0.15, -0.1) is 0 Å². The number of nitrogens with zero attached hydrogens (tertiary/aromatic N) is 2. The second kappa shape index (κ2) is 7.51. The SMILES string of the molecule is COC(=O)C1=CC(CN2CCC(OC)CC2)CC=C1[N+](=O)[O-]. The lowest BCUT2D eigenvalue weighted by molar-refractivity contribution is -0.421. The van der Waals surface area contributed by atoms with E-state index in [0.29, 0.717) is 12.5 Å². The van der Waals surface area contributed by atoms with Gasteiger partial charge in [0.15, 0.2) is 0 Å². The molecule has 7 nitrogen and oxygen atoms in total. The van der Waals surface area contributed by atoms with Crippen molar-refractivity contribution < 1.29 is 19.2 Å². The molecule has 0 aromatic rings. The minimum absolute atomic E-state index is 0.0653. The van der Waals surface area contributed by atoms with E-state index in [2.05, 4.69) is 9.64 Å². The smallest absolute Gasteiger partial charge is 0.344 e. The highest BCUT2D eigenvalue weighted by molar-refractivity contribution is 5.92. The molecule has 0 radical (unpaired) electrons. The van der Waals surface area contributed by atoms with Crippen LogP contribution in [0.4, 0.5) is 0 Å². The Kier molecular flexibility index (Phi) is 5.68. The van der Waals surface area contributed by atoms with Crippen LogP contribution in [0, 0.1) is 16.0 Å². The van der Waals surface area contributed by atoms with Gasteiger partial charge in [0.05, 0.1) is 18.1 Å². The van der Waals surface area contributed by atoms with Crippen LogP contribution in [-0.4, -0.2) is 55.8 Å². The Morgan fingerprint density at radius 2 is 2.09 bits per heavy atom. The van der Waals surface area contributed by atoms with E-state index in [0.717, 1.165) is 32.5 Å². The molecular weight excluding hydrogens is 288 g/mol. The van der Waals surface area contributed by atoms with Gasteiger partial charge in [-0.1, -0.05) is 6.08 Å². The summed E-state index contributed by atoms with van der Waals surface area (Å²) in [7, 11) is 2.97. The van der Waals surface area contributed by atoms with Gasteiger partial charge in [0.1, 0.15) is 5.57 Å². The number of hydrogen-bond acceptors (Lipinski definition) is 6. The predicted molar refractivity (Wildman–Crippen MR) is 79.8 cm³/mol. The minimum Gasteiger partial charge on any atom is -0.465 e. The number of nitro groups is 1. The molecular formula is C15H22N2O5. The van der Waals surface area contributed by atoms with Crippen molar-refractivity contribution in [1.82, 2.24) is 4.90 Å². The summed E-state index contributed by atoms with van der Waals surface area (Å²) in [5.74, 6) is -0.553. The van der Waals surface area contributed by atoms with Crippen LogP contribution in [0.15, 0.2) is 23.4 Å². The number of carbonyl (C=O) groups excluding carboxylic acids is 1. The number of piperidine rings is 1. The molecule has 22 heavy (non-hydrogen) atoms. The molecule has 1 aliphatic carbocycles. The lowest BCUT2D eigenvalue weighted by Gasteiger charge is -2.33. The van der Waals surface area contributed by atoms with Gasteiger partial charge in [-0.2, -0.15) is 0 Å². The van der Waals surface area contributed by atoms with Crippen LogP contribution < -0.4 is 0 Å². The highest BCUT2D eigenvalue weighted by Crippen LogP contribution is 2.26. The first-order valence-corrected chi connectivity index (χ1v) is 7.45. The minimum atomic E-state index is -0.647. The zero-order valence-corrected chi connectivity index (χ0v) is 13.0. The van der Waals surface area contributed by atoms with E-state index in [4.69, 9.17) is 4.74 Å². The van der Waals surface area contributed by atoms with Crippen molar-refractivity contribution >= 4 is 5.97 Å². The zero-order valence-electron chi connectivity index (χ0n) is 13.0. The summed E-state index contributed by atoms with van der Waals surface area (Å²) in [5.41, 5.74) is -0.0864. The first kappa shape index (κ1) is 16.6. The predicted octanol–water partition coefficient (Wildman–Crippen LogP) is 1.38. The van der Waals surface area contributed by atoms with E-state index in [1.165, 1.54) is 13.2 Å². The summed E-state index contributed by atoms with van der Waals surface area (Å²) in [4.78, 5) is 24.5. The van der Waals surface area contributed by atoms with E-state index in [-0.39, 0.29) is 17.2 Å². The summed E-state index contributed by atoms with van der Waals surface area (Å²) >= 11 is 0. The molecule has 1 fully saturated rings. The molecule has 1 atom stereocenters. The highest BCUT2D eigenvalue weighted by Gasteiger charge is 2.31. The maximum atomic E-state index is 11.7. The molecule has 0 bridgehead atoms. The summed E-state index contributed by atoms with van der Waals surface area (Å²) in [6.45, 7) is 2.68. The molecule has 0 aromatic carbocycles. The van der Waals surface area contributed by atoms with E-state index in [1.807, 2.05) is 0 Å². The third-order valence-corrected chi connectivity index (χ3v) is 4.25. The molecule has 0 spiro atoms. The summed E-state index contributed by atoms with van der Waals surface area (Å²) in [6, 6.07) is 0. The second-order valence-electron chi connectivity index (χ2n) is 5.65. The average Bonchev–Trinajstić information content (AvgIpc) is 2.54. The van der Waals surface area contributed by atoms with Crippen molar-refractivity contribution in [2.45, 2.75) is 25.4 Å². The molecule has 1 aliphatic heterocycles. The standard InChI is InChI=1S/C15H22N2O5/c1-21-12-5-7-16(8-6-12)10-11-3-4-14(17(19)20)13(9-11)15(18)22-2/h4,9,11-12H,3,5-8,10H2,1-2H3. The molecule has 1 saturated heterocycles. The van der Waals surface area contributed by atoms with Gasteiger partial charge >= 0.3 is 5.97 Å². The van der Waals surface area contributed by atoms with Gasteiger partial charge in [0.25, 0.3) is 5.70 Å². The second-order valence-corrected chi connectivity index (χ2v) is 5.65. The number of allylic oxidation sites excluding steroid dienone is 1. The molecule has 7 heteroatoms. The highest BCUT2D eigenvalue weighted by atomic mass is 16.6. The molecule has 0 aromatic heterocycles. The van der Waals surface area contributed by atoms with Crippen molar-refractivity contribution in [2.75, 3.05) is 33.9 Å². The number of carbonyl (C=O) groups is 1. The Hall–Kier alpha value is -1.73. The van der Waals surface area contributed by atoms with Gasteiger partial charge < -0.3 is 14.4 Å². The fourth-order valence-corrected chi connectivity index (χ4v) is 3.00. The van der Waals surface area contributed by atoms with E-state index in [1.54, 1.807) is 13.2 Å². The van der Waals surface area contributed by atoms with Gasteiger partial charge in [0, 0.05) is 26.7 Å². The fraction of sp³-hybridized carbons (Fsp3) is 0.667. The number of rotatable bonds is 5. The molecule has 0 N–H and O–H groups in total. The maximum Gasteiger partial charge on any atom is 0.344 e. The fourth-order valence-electron chi connectivity index (χ4n) is 3.00. The first-order valence-electron chi connectivity index (χ1n) is 7.45. The number of hydrogen-bond donors (Lipinski definition) is 0. The van der Waals surface area contributed by atoms with Crippen LogP contribution in [-0.2, 0) is 14.3 Å².